The molecule has 10 rings (SSSR count). The first-order valence-electron chi connectivity index (χ1n) is 16.5. The molecule has 0 aliphatic carbocycles. The third-order valence-electron chi connectivity index (χ3n) is 9.16. The summed E-state index contributed by atoms with van der Waals surface area (Å²) < 4.78 is 3.60. The van der Waals surface area contributed by atoms with Crippen molar-refractivity contribution in [1.82, 2.24) is 19.9 Å². The highest BCUT2D eigenvalue weighted by Crippen LogP contribution is 2.43. The number of fused-ring (bicyclic) bond motifs is 5. The van der Waals surface area contributed by atoms with Crippen LogP contribution in [0.25, 0.3) is 97.0 Å². The molecule has 3 heterocycles. The van der Waals surface area contributed by atoms with Gasteiger partial charge in [-0.25, -0.2) is 19.9 Å². The Morgan fingerprint density at radius 1 is 0.360 bits per heavy atom. The highest BCUT2D eigenvalue weighted by molar-refractivity contribution is 7.26. The summed E-state index contributed by atoms with van der Waals surface area (Å²) in [5, 5.41) is 5.67. The van der Waals surface area contributed by atoms with Gasteiger partial charge in [-0.05, 0) is 46.2 Å². The van der Waals surface area contributed by atoms with Gasteiger partial charge in [-0.3, -0.25) is 0 Å². The summed E-state index contributed by atoms with van der Waals surface area (Å²) in [5.74, 6) is 1.94. The number of hydrogen-bond acceptors (Lipinski definition) is 6. The number of aromatic nitrogens is 4. The van der Waals surface area contributed by atoms with Crippen LogP contribution in [-0.4, -0.2) is 19.9 Å². The van der Waals surface area contributed by atoms with E-state index in [2.05, 4.69) is 146 Å². The van der Waals surface area contributed by atoms with Crippen molar-refractivity contribution in [2.45, 2.75) is 0 Å². The summed E-state index contributed by atoms with van der Waals surface area (Å²) in [6.45, 7) is 0. The lowest BCUT2D eigenvalue weighted by Crippen LogP contribution is -2.00. The summed E-state index contributed by atoms with van der Waals surface area (Å²) in [7, 11) is 0. The van der Waals surface area contributed by atoms with E-state index in [1.165, 1.54) is 30.4 Å². The molecular weight excluding hydrogens is 649 g/mol. The Morgan fingerprint density at radius 2 is 1.00 bits per heavy atom. The van der Waals surface area contributed by atoms with E-state index in [4.69, 9.17) is 19.9 Å². The third-order valence-corrected chi connectivity index (χ3v) is 11.3. The predicted molar refractivity (Wildman–Crippen MR) is 211 cm³/mol. The van der Waals surface area contributed by atoms with E-state index in [-0.39, 0.29) is 0 Å². The van der Waals surface area contributed by atoms with Gasteiger partial charge in [0.2, 0.25) is 0 Å². The maximum Gasteiger partial charge on any atom is 0.164 e. The minimum absolute atomic E-state index is 0.642. The van der Waals surface area contributed by atoms with Crippen LogP contribution in [0, 0.1) is 0 Å². The first-order valence-corrected chi connectivity index (χ1v) is 18.1. The first-order chi connectivity index (χ1) is 24.7. The predicted octanol–water partition coefficient (Wildman–Crippen LogP) is 12.3. The summed E-state index contributed by atoms with van der Waals surface area (Å²) >= 11 is 3.54. The van der Waals surface area contributed by atoms with Crippen LogP contribution in [0.4, 0.5) is 0 Å². The molecule has 3 aromatic heterocycles. The summed E-state index contributed by atoms with van der Waals surface area (Å²) in [4.78, 5) is 20.5. The van der Waals surface area contributed by atoms with Gasteiger partial charge in [0.15, 0.2) is 17.5 Å². The molecule has 0 radical (unpaired) electrons. The molecule has 10 aromatic rings. The number of rotatable bonds is 5. The second-order valence-corrected chi connectivity index (χ2v) is 14.4. The summed E-state index contributed by atoms with van der Waals surface area (Å²) in [6, 6.07) is 55.1. The van der Waals surface area contributed by atoms with E-state index in [0.717, 1.165) is 49.1 Å². The Hall–Kier alpha value is -6.08. The lowest BCUT2D eigenvalue weighted by atomic mass is 10.0. The van der Waals surface area contributed by atoms with E-state index in [1.54, 1.807) is 22.7 Å². The number of thiophene rings is 1. The fraction of sp³-hybridized carbons (Fsp3) is 0. The minimum Gasteiger partial charge on any atom is -0.236 e. The third kappa shape index (κ3) is 5.05. The SMILES string of the molecule is c1ccc(-c2ccc(-c3nc(-c4ccc5ccccc5c4)nc(-c4cccc5sc6cc7sc(-c8ccccc8)nc7cc6c45)n3)cc2)cc1. The Balaban J connectivity index is 1.16. The second-order valence-electron chi connectivity index (χ2n) is 12.3. The van der Waals surface area contributed by atoms with Crippen LogP contribution in [0.3, 0.4) is 0 Å². The zero-order valence-electron chi connectivity index (χ0n) is 26.6. The molecule has 0 aliphatic heterocycles. The van der Waals surface area contributed by atoms with Gasteiger partial charge in [-0.1, -0.05) is 133 Å². The first kappa shape index (κ1) is 28.9. The van der Waals surface area contributed by atoms with E-state index in [0.29, 0.717) is 17.5 Å². The Morgan fingerprint density at radius 3 is 1.80 bits per heavy atom. The lowest BCUT2D eigenvalue weighted by molar-refractivity contribution is 1.08. The number of hydrogen-bond donors (Lipinski definition) is 0. The van der Waals surface area contributed by atoms with Crippen LogP contribution in [0.2, 0.25) is 0 Å². The van der Waals surface area contributed by atoms with Gasteiger partial charge in [-0.2, -0.15) is 0 Å². The Labute approximate surface area is 296 Å². The van der Waals surface area contributed by atoms with Gasteiger partial charge in [0.25, 0.3) is 0 Å². The smallest absolute Gasteiger partial charge is 0.164 e. The average molecular weight is 675 g/mol. The zero-order valence-corrected chi connectivity index (χ0v) is 28.2. The van der Waals surface area contributed by atoms with Crippen LogP contribution >= 0.6 is 22.7 Å². The maximum atomic E-state index is 5.18. The zero-order chi connectivity index (χ0) is 33.0. The molecular formula is C44H26N4S2. The highest BCUT2D eigenvalue weighted by atomic mass is 32.1. The second kappa shape index (κ2) is 11.8. The molecule has 6 heteroatoms. The van der Waals surface area contributed by atoms with Crippen molar-refractivity contribution in [2.75, 3.05) is 0 Å². The normalized spacial score (nSPS) is 11.6. The van der Waals surface area contributed by atoms with Gasteiger partial charge in [0.05, 0.1) is 10.2 Å². The molecule has 0 fully saturated rings. The van der Waals surface area contributed by atoms with E-state index in [1.807, 2.05) is 12.1 Å². The fourth-order valence-electron chi connectivity index (χ4n) is 6.66. The number of benzene rings is 7. The van der Waals surface area contributed by atoms with Crippen molar-refractivity contribution in [3.05, 3.63) is 158 Å². The molecule has 234 valence electrons. The molecule has 0 spiro atoms. The monoisotopic (exact) mass is 674 g/mol. The van der Waals surface area contributed by atoms with Crippen LogP contribution in [0.15, 0.2) is 158 Å². The van der Waals surface area contributed by atoms with Crippen LogP contribution in [-0.2, 0) is 0 Å². The quantitative estimate of drug-likeness (QED) is 0.182. The highest BCUT2D eigenvalue weighted by Gasteiger charge is 2.19. The maximum absolute atomic E-state index is 5.18. The molecule has 4 nitrogen and oxygen atoms in total. The van der Waals surface area contributed by atoms with E-state index >= 15 is 0 Å². The topological polar surface area (TPSA) is 51.6 Å². The molecule has 0 saturated carbocycles. The van der Waals surface area contributed by atoms with Gasteiger partial charge >= 0.3 is 0 Å². The fourth-order valence-corrected chi connectivity index (χ4v) is 8.88. The van der Waals surface area contributed by atoms with Gasteiger partial charge < -0.3 is 0 Å². The number of thiazole rings is 1. The van der Waals surface area contributed by atoms with Crippen LogP contribution in [0.1, 0.15) is 0 Å². The molecule has 0 saturated heterocycles. The van der Waals surface area contributed by atoms with Gasteiger partial charge in [0.1, 0.15) is 5.01 Å². The van der Waals surface area contributed by atoms with Crippen LogP contribution < -0.4 is 0 Å². The largest absolute Gasteiger partial charge is 0.236 e. The van der Waals surface area contributed by atoms with Gasteiger partial charge in [0, 0.05) is 42.4 Å². The lowest BCUT2D eigenvalue weighted by Gasteiger charge is -2.11. The van der Waals surface area contributed by atoms with E-state index < -0.39 is 0 Å². The summed E-state index contributed by atoms with van der Waals surface area (Å²) in [6.07, 6.45) is 0. The standard InChI is InChI=1S/C44H26N4S2/c1-3-10-27(11-4-1)29-18-21-30(22-19-29)41-46-42(33-23-20-28-12-7-8-15-32(28)24-33)48-43(47-41)34-16-9-17-37-40(34)35-25-36-39(26-38(35)49-37)50-44(45-36)31-13-5-2-6-14-31/h1-26H. The van der Waals surface area contributed by atoms with Crippen molar-refractivity contribution in [2.24, 2.45) is 0 Å². The van der Waals surface area contributed by atoms with Crippen molar-refractivity contribution in [1.29, 1.82) is 0 Å². The van der Waals surface area contributed by atoms with Crippen molar-refractivity contribution < 1.29 is 0 Å². The van der Waals surface area contributed by atoms with Crippen molar-refractivity contribution >= 4 is 63.8 Å². The van der Waals surface area contributed by atoms with E-state index in [9.17, 15) is 0 Å². The number of nitrogens with zero attached hydrogens (tertiary/aromatic N) is 4. The van der Waals surface area contributed by atoms with Crippen molar-refractivity contribution in [3.8, 4) is 55.9 Å². The average Bonchev–Trinajstić information content (AvgIpc) is 3.78. The van der Waals surface area contributed by atoms with Crippen LogP contribution in [0.5, 0.6) is 0 Å². The molecule has 0 bridgehead atoms. The van der Waals surface area contributed by atoms with Gasteiger partial charge in [-0.15, -0.1) is 22.7 Å². The molecule has 0 atom stereocenters. The molecule has 0 aliphatic rings. The Bertz CT molecular complexity index is 2860. The molecule has 7 aromatic carbocycles. The Kier molecular flexibility index (Phi) is 6.82. The summed E-state index contributed by atoms with van der Waals surface area (Å²) in [5.41, 5.74) is 7.34. The minimum atomic E-state index is 0.642. The molecule has 0 unspecified atom stereocenters. The molecule has 0 N–H and O–H groups in total. The molecule has 0 amide bonds. The molecule has 50 heavy (non-hydrogen) atoms. The van der Waals surface area contributed by atoms with Crippen molar-refractivity contribution in [3.63, 3.8) is 0 Å².